The molecule has 3 aromatic heterocycles. The van der Waals surface area contributed by atoms with Crippen LogP contribution in [0.5, 0.6) is 0 Å². The molecule has 0 bridgehead atoms. The summed E-state index contributed by atoms with van der Waals surface area (Å²) in [5.74, 6) is -5.80. The van der Waals surface area contributed by atoms with E-state index in [1.807, 2.05) is 13.0 Å². The summed E-state index contributed by atoms with van der Waals surface area (Å²) in [6.45, 7) is 2.97. The van der Waals surface area contributed by atoms with Gasteiger partial charge in [-0.15, -0.1) is 21.5 Å². The fourth-order valence-corrected chi connectivity index (χ4v) is 4.97. The van der Waals surface area contributed by atoms with Gasteiger partial charge in [-0.3, -0.25) is 4.79 Å². The molecule has 2 aliphatic heterocycles. The third-order valence-corrected chi connectivity index (χ3v) is 6.94. The zero-order chi connectivity index (χ0) is 24.3. The predicted molar refractivity (Wildman–Crippen MR) is 113 cm³/mol. The first kappa shape index (κ1) is 22.7. The Morgan fingerprint density at radius 3 is 2.56 bits per heavy atom. The van der Waals surface area contributed by atoms with Crippen LogP contribution >= 0.6 is 11.3 Å². The lowest BCUT2D eigenvalue weighted by atomic mass is 10.2. The molecule has 0 unspecified atom stereocenters. The molecule has 9 nitrogen and oxygen atoms in total. The Balaban J connectivity index is 1.53. The number of nitrogens with one attached hydrogen (secondary N) is 1. The Morgan fingerprint density at radius 1 is 1.06 bits per heavy atom. The minimum Gasteiger partial charge on any atom is -0.353 e. The van der Waals surface area contributed by atoms with Crippen LogP contribution in [0, 0.1) is 0 Å². The molecule has 1 saturated heterocycles. The number of halogens is 5. The maximum Gasteiger partial charge on any atom is 0.461 e. The van der Waals surface area contributed by atoms with Gasteiger partial charge in [-0.1, -0.05) is 6.92 Å². The third kappa shape index (κ3) is 3.71. The van der Waals surface area contributed by atoms with Gasteiger partial charge in [0.2, 0.25) is 17.7 Å². The number of carbonyl (C=O) groups excluding carboxylic acids is 1. The third-order valence-electron chi connectivity index (χ3n) is 5.77. The average Bonchev–Trinajstić information content (AvgIpc) is 3.41. The maximum absolute atomic E-state index is 13.9. The Hall–Kier alpha value is -3.10. The van der Waals surface area contributed by atoms with Crippen LogP contribution in [-0.2, 0) is 30.2 Å². The SMILES string of the molecule is CCc1cc2c(N3CCn4c(nnc4C(F)(F)C(F)(F)F)C3)nc(N3CCNC(=O)C3)nc2s1. The molecule has 182 valence electrons. The molecule has 0 atom stereocenters. The van der Waals surface area contributed by atoms with Crippen molar-refractivity contribution in [1.82, 2.24) is 30.0 Å². The largest absolute Gasteiger partial charge is 0.461 e. The van der Waals surface area contributed by atoms with Crippen molar-refractivity contribution in [2.75, 3.05) is 36.0 Å². The molecule has 2 aliphatic rings. The van der Waals surface area contributed by atoms with E-state index in [-0.39, 0.29) is 37.9 Å². The molecule has 5 heterocycles. The van der Waals surface area contributed by atoms with E-state index in [0.29, 0.717) is 29.7 Å². The number of aromatic nitrogens is 5. The van der Waals surface area contributed by atoms with E-state index >= 15 is 0 Å². The second-order valence-electron chi connectivity index (χ2n) is 7.99. The molecular formula is C19H19F5N8OS. The lowest BCUT2D eigenvalue weighted by molar-refractivity contribution is -0.293. The highest BCUT2D eigenvalue weighted by Crippen LogP contribution is 2.44. The van der Waals surface area contributed by atoms with Crippen LogP contribution in [0.15, 0.2) is 6.07 Å². The van der Waals surface area contributed by atoms with Gasteiger partial charge < -0.3 is 19.7 Å². The van der Waals surface area contributed by atoms with E-state index in [9.17, 15) is 26.7 Å². The summed E-state index contributed by atoms with van der Waals surface area (Å²) in [7, 11) is 0. The summed E-state index contributed by atoms with van der Waals surface area (Å²) < 4.78 is 67.3. The number of aryl methyl sites for hydroxylation is 1. The first-order valence-electron chi connectivity index (χ1n) is 10.5. The zero-order valence-electron chi connectivity index (χ0n) is 17.9. The van der Waals surface area contributed by atoms with Gasteiger partial charge in [-0.25, -0.2) is 4.98 Å². The molecule has 0 aromatic carbocycles. The van der Waals surface area contributed by atoms with Crippen molar-refractivity contribution < 1.29 is 26.7 Å². The highest BCUT2D eigenvalue weighted by molar-refractivity contribution is 7.18. The van der Waals surface area contributed by atoms with Crippen LogP contribution in [0.2, 0.25) is 0 Å². The molecule has 3 aromatic rings. The predicted octanol–water partition coefficient (Wildman–Crippen LogP) is 2.46. The van der Waals surface area contributed by atoms with Gasteiger partial charge in [0.05, 0.1) is 18.5 Å². The molecule has 5 rings (SSSR count). The van der Waals surface area contributed by atoms with Crippen LogP contribution in [0.1, 0.15) is 23.4 Å². The number of fused-ring (bicyclic) bond motifs is 2. The molecule has 15 heteroatoms. The Bertz CT molecular complexity index is 1260. The first-order chi connectivity index (χ1) is 16.1. The summed E-state index contributed by atoms with van der Waals surface area (Å²) >= 11 is 1.49. The Kier molecular flexibility index (Phi) is 5.33. The number of hydrogen-bond acceptors (Lipinski definition) is 8. The zero-order valence-corrected chi connectivity index (χ0v) is 18.7. The number of nitrogens with zero attached hydrogens (tertiary/aromatic N) is 7. The van der Waals surface area contributed by atoms with Crippen LogP contribution in [0.3, 0.4) is 0 Å². The molecular weight excluding hydrogens is 483 g/mol. The maximum atomic E-state index is 13.9. The first-order valence-corrected chi connectivity index (χ1v) is 11.3. The quantitative estimate of drug-likeness (QED) is 0.548. The van der Waals surface area contributed by atoms with Crippen molar-refractivity contribution in [1.29, 1.82) is 0 Å². The number of carbonyl (C=O) groups is 1. The summed E-state index contributed by atoms with van der Waals surface area (Å²) in [4.78, 5) is 26.5. The van der Waals surface area contributed by atoms with Crippen molar-refractivity contribution in [3.63, 3.8) is 0 Å². The molecule has 1 fully saturated rings. The summed E-state index contributed by atoms with van der Waals surface area (Å²) in [6, 6.07) is 1.95. The minimum atomic E-state index is -5.77. The van der Waals surface area contributed by atoms with E-state index < -0.39 is 17.9 Å². The lowest BCUT2D eigenvalue weighted by Gasteiger charge is -2.31. The number of piperazine rings is 1. The second kappa shape index (κ2) is 7.99. The standard InChI is InChI=1S/C19H19F5N8OS/c1-2-10-7-11-14(26-17(27-15(11)34-10)31-4-3-25-13(33)9-31)30-5-6-32-12(8-30)28-29-16(32)18(20,21)19(22,23)24/h7H,2-6,8-9H2,1H3,(H,25,33). The van der Waals surface area contributed by atoms with Crippen LogP contribution in [-0.4, -0.2) is 63.0 Å². The molecule has 0 spiro atoms. The smallest absolute Gasteiger partial charge is 0.353 e. The molecule has 0 saturated carbocycles. The average molecular weight is 502 g/mol. The fraction of sp³-hybridized carbons (Fsp3) is 0.526. The van der Waals surface area contributed by atoms with Gasteiger partial charge in [-0.05, 0) is 12.5 Å². The van der Waals surface area contributed by atoms with Crippen molar-refractivity contribution in [3.05, 3.63) is 22.6 Å². The molecule has 34 heavy (non-hydrogen) atoms. The summed E-state index contributed by atoms with van der Waals surface area (Å²) in [5.41, 5.74) is 0. The highest BCUT2D eigenvalue weighted by atomic mass is 32.1. The molecule has 0 aliphatic carbocycles. The number of thiophene rings is 1. The van der Waals surface area contributed by atoms with Crippen LogP contribution in [0.4, 0.5) is 33.7 Å². The van der Waals surface area contributed by atoms with Gasteiger partial charge in [0.1, 0.15) is 10.6 Å². The second-order valence-corrected chi connectivity index (χ2v) is 9.10. The fourth-order valence-electron chi connectivity index (χ4n) is 4.01. The molecule has 0 radical (unpaired) electrons. The van der Waals surface area contributed by atoms with Crippen molar-refractivity contribution in [2.45, 2.75) is 38.5 Å². The van der Waals surface area contributed by atoms with Gasteiger partial charge in [-0.2, -0.15) is 26.9 Å². The number of alkyl halides is 5. The highest BCUT2D eigenvalue weighted by Gasteiger charge is 2.62. The lowest BCUT2D eigenvalue weighted by Crippen LogP contribution is -2.48. The van der Waals surface area contributed by atoms with E-state index in [4.69, 9.17) is 0 Å². The van der Waals surface area contributed by atoms with Gasteiger partial charge in [0.25, 0.3) is 0 Å². The minimum absolute atomic E-state index is 0.0122. The van der Waals surface area contributed by atoms with Crippen molar-refractivity contribution in [2.24, 2.45) is 0 Å². The number of amides is 1. The van der Waals surface area contributed by atoms with Crippen LogP contribution in [0.25, 0.3) is 10.2 Å². The van der Waals surface area contributed by atoms with Gasteiger partial charge >= 0.3 is 12.1 Å². The molecule has 1 amide bonds. The number of hydrogen-bond donors (Lipinski definition) is 1. The van der Waals surface area contributed by atoms with Crippen molar-refractivity contribution >= 4 is 39.2 Å². The normalized spacial score (nSPS) is 17.3. The monoisotopic (exact) mass is 502 g/mol. The Labute approximate surface area is 193 Å². The molecule has 1 N–H and O–H groups in total. The van der Waals surface area contributed by atoms with E-state index in [0.717, 1.165) is 21.3 Å². The van der Waals surface area contributed by atoms with E-state index in [1.165, 1.54) is 11.3 Å². The topological polar surface area (TPSA) is 92.1 Å². The van der Waals surface area contributed by atoms with E-state index in [2.05, 4.69) is 25.5 Å². The summed E-state index contributed by atoms with van der Waals surface area (Å²) in [6.07, 6.45) is -5.00. The van der Waals surface area contributed by atoms with Gasteiger partial charge in [0.15, 0.2) is 5.82 Å². The Morgan fingerprint density at radius 2 is 1.85 bits per heavy atom. The number of anilines is 2. The van der Waals surface area contributed by atoms with E-state index in [1.54, 1.807) is 9.80 Å². The van der Waals surface area contributed by atoms with Crippen LogP contribution < -0.4 is 15.1 Å². The van der Waals surface area contributed by atoms with Gasteiger partial charge in [0, 0.05) is 31.1 Å². The summed E-state index contributed by atoms with van der Waals surface area (Å²) in [5, 5.41) is 10.3. The van der Waals surface area contributed by atoms with Crippen molar-refractivity contribution in [3.8, 4) is 0 Å². The number of rotatable bonds is 4.